The first-order valence-electron chi connectivity index (χ1n) is 5.53. The first kappa shape index (κ1) is 11.2. The van der Waals surface area contributed by atoms with Crippen molar-refractivity contribution in [2.45, 2.75) is 33.2 Å². The van der Waals surface area contributed by atoms with Crippen LogP contribution < -0.4 is 5.32 Å². The fourth-order valence-electron chi connectivity index (χ4n) is 1.72. The Morgan fingerprint density at radius 1 is 1.62 bits per heavy atom. The zero-order valence-corrected chi connectivity index (χ0v) is 9.67. The summed E-state index contributed by atoms with van der Waals surface area (Å²) in [7, 11) is 0. The molecule has 2 rings (SSSR count). The second-order valence-electron chi connectivity index (χ2n) is 4.90. The quantitative estimate of drug-likeness (QED) is 0.803. The van der Waals surface area contributed by atoms with E-state index >= 15 is 0 Å². The molecule has 0 bridgehead atoms. The van der Waals surface area contributed by atoms with Crippen molar-refractivity contribution < 1.29 is 14.3 Å². The molecule has 0 spiro atoms. The Kier molecular flexibility index (Phi) is 2.76. The van der Waals surface area contributed by atoms with Crippen LogP contribution in [-0.2, 0) is 6.54 Å². The van der Waals surface area contributed by atoms with Crippen LogP contribution in [0.25, 0.3) is 0 Å². The van der Waals surface area contributed by atoms with Gasteiger partial charge in [-0.2, -0.15) is 0 Å². The molecule has 1 aliphatic rings. The average Bonchev–Trinajstić information content (AvgIpc) is 2.79. The van der Waals surface area contributed by atoms with Gasteiger partial charge in [0.25, 0.3) is 0 Å². The number of rotatable bonds is 5. The Bertz CT molecular complexity index is 404. The Labute approximate surface area is 94.6 Å². The van der Waals surface area contributed by atoms with Crippen molar-refractivity contribution in [1.29, 1.82) is 0 Å². The number of aromatic carboxylic acids is 1. The molecule has 0 aromatic carbocycles. The number of nitrogens with one attached hydrogen (secondary N) is 1. The number of carboxylic acids is 1. The molecule has 0 saturated heterocycles. The lowest BCUT2D eigenvalue weighted by Crippen LogP contribution is -2.21. The van der Waals surface area contributed by atoms with Gasteiger partial charge in [0, 0.05) is 6.54 Å². The molecule has 16 heavy (non-hydrogen) atoms. The molecule has 88 valence electrons. The van der Waals surface area contributed by atoms with Gasteiger partial charge in [0.05, 0.1) is 6.54 Å². The molecule has 4 nitrogen and oxygen atoms in total. The van der Waals surface area contributed by atoms with Crippen molar-refractivity contribution in [2.75, 3.05) is 6.54 Å². The van der Waals surface area contributed by atoms with Crippen LogP contribution in [0.4, 0.5) is 0 Å². The van der Waals surface area contributed by atoms with Crippen LogP contribution in [0.1, 0.15) is 41.6 Å². The van der Waals surface area contributed by atoms with E-state index in [1.165, 1.54) is 12.8 Å². The molecular weight excluding hydrogens is 206 g/mol. The summed E-state index contributed by atoms with van der Waals surface area (Å²) < 4.78 is 5.37. The van der Waals surface area contributed by atoms with Gasteiger partial charge < -0.3 is 14.8 Å². The summed E-state index contributed by atoms with van der Waals surface area (Å²) >= 11 is 0. The molecule has 1 aromatic rings. The monoisotopic (exact) mass is 223 g/mol. The molecule has 1 saturated carbocycles. The third kappa shape index (κ3) is 2.44. The minimum Gasteiger partial charge on any atom is -0.478 e. The predicted molar refractivity (Wildman–Crippen MR) is 59.5 cm³/mol. The molecule has 1 heterocycles. The molecule has 0 amide bonds. The van der Waals surface area contributed by atoms with E-state index in [9.17, 15) is 4.79 Å². The molecule has 1 aromatic heterocycles. The summed E-state index contributed by atoms with van der Waals surface area (Å²) in [5.41, 5.74) is 0.714. The van der Waals surface area contributed by atoms with Gasteiger partial charge in [-0.05, 0) is 31.2 Å². The van der Waals surface area contributed by atoms with Crippen LogP contribution in [0.15, 0.2) is 10.5 Å². The van der Waals surface area contributed by atoms with E-state index in [1.54, 1.807) is 13.0 Å². The number of hydrogen-bond donors (Lipinski definition) is 2. The minimum atomic E-state index is -0.929. The number of aryl methyl sites for hydroxylation is 1. The molecule has 1 aliphatic carbocycles. The first-order chi connectivity index (χ1) is 7.50. The van der Waals surface area contributed by atoms with Gasteiger partial charge in [-0.1, -0.05) is 6.92 Å². The lowest BCUT2D eigenvalue weighted by Gasteiger charge is -2.07. The van der Waals surface area contributed by atoms with Gasteiger partial charge in [-0.3, -0.25) is 0 Å². The van der Waals surface area contributed by atoms with Crippen LogP contribution in [0.5, 0.6) is 0 Å². The van der Waals surface area contributed by atoms with Crippen molar-refractivity contribution in [3.63, 3.8) is 0 Å². The fourth-order valence-corrected chi connectivity index (χ4v) is 1.72. The maximum absolute atomic E-state index is 10.8. The van der Waals surface area contributed by atoms with Gasteiger partial charge in [-0.15, -0.1) is 0 Å². The number of carboxylic acid groups (broad SMARTS) is 1. The van der Waals surface area contributed by atoms with E-state index in [1.807, 2.05) is 0 Å². The molecule has 4 heteroatoms. The third-order valence-electron chi connectivity index (χ3n) is 3.15. The van der Waals surface area contributed by atoms with Crippen molar-refractivity contribution in [2.24, 2.45) is 5.41 Å². The maximum Gasteiger partial charge on any atom is 0.339 e. The highest BCUT2D eigenvalue weighted by Crippen LogP contribution is 2.44. The van der Waals surface area contributed by atoms with Crippen molar-refractivity contribution in [3.8, 4) is 0 Å². The van der Waals surface area contributed by atoms with E-state index < -0.39 is 5.97 Å². The highest BCUT2D eigenvalue weighted by molar-refractivity contribution is 5.88. The summed E-state index contributed by atoms with van der Waals surface area (Å²) in [5, 5.41) is 12.2. The van der Waals surface area contributed by atoms with Crippen LogP contribution in [0.2, 0.25) is 0 Å². The standard InChI is InChI=1S/C12H17NO3/c1-8-10(11(14)15)5-9(16-8)6-13-7-12(2)3-4-12/h5,13H,3-4,6-7H2,1-2H3,(H,14,15). The molecule has 0 unspecified atom stereocenters. The van der Waals surface area contributed by atoms with Gasteiger partial charge in [0.2, 0.25) is 0 Å². The SMILES string of the molecule is Cc1oc(CNCC2(C)CC2)cc1C(=O)O. The van der Waals surface area contributed by atoms with Crippen molar-refractivity contribution in [1.82, 2.24) is 5.32 Å². The topological polar surface area (TPSA) is 62.5 Å². The van der Waals surface area contributed by atoms with Crippen molar-refractivity contribution >= 4 is 5.97 Å². The summed E-state index contributed by atoms with van der Waals surface area (Å²) in [6, 6.07) is 1.60. The van der Waals surface area contributed by atoms with Crippen LogP contribution in [-0.4, -0.2) is 17.6 Å². The molecule has 0 radical (unpaired) electrons. The van der Waals surface area contributed by atoms with E-state index in [0.29, 0.717) is 23.5 Å². The normalized spacial score (nSPS) is 17.4. The predicted octanol–water partition coefficient (Wildman–Crippen LogP) is 2.18. The van der Waals surface area contributed by atoms with Gasteiger partial charge >= 0.3 is 5.97 Å². The molecule has 0 atom stereocenters. The van der Waals surface area contributed by atoms with Crippen molar-refractivity contribution in [3.05, 3.63) is 23.2 Å². The summed E-state index contributed by atoms with van der Waals surface area (Å²) in [6.07, 6.45) is 2.55. The lowest BCUT2D eigenvalue weighted by atomic mass is 10.1. The molecule has 0 aliphatic heterocycles. The van der Waals surface area contributed by atoms with Gasteiger partial charge in [-0.25, -0.2) is 4.79 Å². The Morgan fingerprint density at radius 3 is 2.81 bits per heavy atom. The Morgan fingerprint density at radius 2 is 2.31 bits per heavy atom. The maximum atomic E-state index is 10.8. The van der Waals surface area contributed by atoms with Crippen LogP contribution >= 0.6 is 0 Å². The Balaban J connectivity index is 1.89. The second-order valence-corrected chi connectivity index (χ2v) is 4.90. The minimum absolute atomic E-state index is 0.259. The fraction of sp³-hybridized carbons (Fsp3) is 0.583. The number of carbonyl (C=O) groups is 1. The number of furan rings is 1. The smallest absolute Gasteiger partial charge is 0.339 e. The largest absolute Gasteiger partial charge is 0.478 e. The molecule has 1 fully saturated rings. The zero-order valence-electron chi connectivity index (χ0n) is 9.67. The van der Waals surface area contributed by atoms with E-state index in [-0.39, 0.29) is 5.56 Å². The molecule has 2 N–H and O–H groups in total. The third-order valence-corrected chi connectivity index (χ3v) is 3.15. The zero-order chi connectivity index (χ0) is 11.8. The van der Waals surface area contributed by atoms with E-state index in [0.717, 1.165) is 6.54 Å². The summed E-state index contributed by atoms with van der Waals surface area (Å²) in [6.45, 7) is 5.49. The summed E-state index contributed by atoms with van der Waals surface area (Å²) in [5.74, 6) is 0.239. The second kappa shape index (κ2) is 3.94. The highest BCUT2D eigenvalue weighted by Gasteiger charge is 2.36. The average molecular weight is 223 g/mol. The summed E-state index contributed by atoms with van der Waals surface area (Å²) in [4.78, 5) is 10.8. The van der Waals surface area contributed by atoms with Gasteiger partial charge in [0.1, 0.15) is 17.1 Å². The first-order valence-corrected chi connectivity index (χ1v) is 5.53. The number of hydrogen-bond acceptors (Lipinski definition) is 3. The molecular formula is C12H17NO3. The van der Waals surface area contributed by atoms with Gasteiger partial charge in [0.15, 0.2) is 0 Å². The van der Waals surface area contributed by atoms with E-state index in [2.05, 4.69) is 12.2 Å². The van der Waals surface area contributed by atoms with Crippen LogP contribution in [0.3, 0.4) is 0 Å². The van der Waals surface area contributed by atoms with E-state index in [4.69, 9.17) is 9.52 Å². The highest BCUT2D eigenvalue weighted by atomic mass is 16.4. The van der Waals surface area contributed by atoms with Crippen LogP contribution in [0, 0.1) is 12.3 Å². The Hall–Kier alpha value is -1.29. The lowest BCUT2D eigenvalue weighted by molar-refractivity contribution is 0.0695.